The molecule has 0 heterocycles. The molecule has 1 amide bonds. The molecule has 0 saturated heterocycles. The van der Waals surface area contributed by atoms with Crippen molar-refractivity contribution in [1.29, 1.82) is 0 Å². The summed E-state index contributed by atoms with van der Waals surface area (Å²) in [5, 5.41) is 15.5. The van der Waals surface area contributed by atoms with Gasteiger partial charge in [-0.2, -0.15) is 0 Å². The van der Waals surface area contributed by atoms with Crippen LogP contribution in [0.25, 0.3) is 0 Å². The SMILES string of the molecule is O=C(O)N[PH](c1ccccc1)(c1ccccc1)c1ccccc1. The molecule has 0 aliphatic carbocycles. The summed E-state index contributed by atoms with van der Waals surface area (Å²) in [5.74, 6) is 0. The molecule has 0 aromatic heterocycles. The molecule has 0 radical (unpaired) electrons. The molecule has 23 heavy (non-hydrogen) atoms. The van der Waals surface area contributed by atoms with Crippen molar-refractivity contribution in [3.63, 3.8) is 0 Å². The summed E-state index contributed by atoms with van der Waals surface area (Å²) in [4.78, 5) is 11.7. The van der Waals surface area contributed by atoms with Crippen molar-refractivity contribution in [2.75, 3.05) is 0 Å². The Balaban J connectivity index is 2.32. The third-order valence-electron chi connectivity index (χ3n) is 3.91. The van der Waals surface area contributed by atoms with Crippen LogP contribution >= 0.6 is 7.41 Å². The van der Waals surface area contributed by atoms with Gasteiger partial charge in [-0.25, -0.2) is 0 Å². The van der Waals surface area contributed by atoms with Crippen LogP contribution in [0.2, 0.25) is 0 Å². The third kappa shape index (κ3) is 2.96. The van der Waals surface area contributed by atoms with Gasteiger partial charge in [0.2, 0.25) is 0 Å². The Labute approximate surface area is 136 Å². The Morgan fingerprint density at radius 1 is 0.652 bits per heavy atom. The van der Waals surface area contributed by atoms with Crippen LogP contribution in [-0.4, -0.2) is 11.2 Å². The van der Waals surface area contributed by atoms with Gasteiger partial charge in [0, 0.05) is 0 Å². The number of benzene rings is 3. The van der Waals surface area contributed by atoms with Gasteiger partial charge in [0.15, 0.2) is 0 Å². The second kappa shape index (κ2) is 6.64. The monoisotopic (exact) mass is 323 g/mol. The van der Waals surface area contributed by atoms with Crippen molar-refractivity contribution in [3.05, 3.63) is 91.0 Å². The molecule has 3 aromatic carbocycles. The minimum absolute atomic E-state index is 1.01. The van der Waals surface area contributed by atoms with E-state index in [2.05, 4.69) is 5.09 Å². The molecule has 0 saturated carbocycles. The predicted molar refractivity (Wildman–Crippen MR) is 97.7 cm³/mol. The van der Waals surface area contributed by atoms with Crippen LogP contribution in [0.15, 0.2) is 91.0 Å². The Morgan fingerprint density at radius 3 is 1.22 bits per heavy atom. The van der Waals surface area contributed by atoms with Crippen LogP contribution in [0.5, 0.6) is 0 Å². The Hall–Kier alpha value is -2.64. The predicted octanol–water partition coefficient (Wildman–Crippen LogP) is 2.90. The number of carboxylic acid groups (broad SMARTS) is 1. The van der Waals surface area contributed by atoms with Gasteiger partial charge in [-0.1, -0.05) is 0 Å². The van der Waals surface area contributed by atoms with Gasteiger partial charge in [-0.15, -0.1) is 0 Å². The summed E-state index contributed by atoms with van der Waals surface area (Å²) in [5.41, 5.74) is 0. The van der Waals surface area contributed by atoms with Crippen molar-refractivity contribution < 1.29 is 9.90 Å². The molecule has 0 unspecified atom stereocenters. The fourth-order valence-electron chi connectivity index (χ4n) is 2.94. The maximum absolute atomic E-state index is 11.7. The number of amides is 1. The van der Waals surface area contributed by atoms with Crippen LogP contribution < -0.4 is 21.0 Å². The van der Waals surface area contributed by atoms with E-state index in [9.17, 15) is 9.90 Å². The summed E-state index contributed by atoms with van der Waals surface area (Å²) in [6.07, 6.45) is -1.01. The van der Waals surface area contributed by atoms with Gasteiger partial charge >= 0.3 is 135 Å². The molecule has 3 aromatic rings. The Bertz CT molecular complexity index is 680. The summed E-state index contributed by atoms with van der Waals surface area (Å²) in [6.45, 7) is 0. The average Bonchev–Trinajstić information content (AvgIpc) is 2.62. The van der Waals surface area contributed by atoms with Crippen LogP contribution in [0.1, 0.15) is 0 Å². The summed E-state index contributed by atoms with van der Waals surface area (Å²) >= 11 is 0. The van der Waals surface area contributed by atoms with Gasteiger partial charge in [0.25, 0.3) is 0 Å². The number of rotatable bonds is 4. The Morgan fingerprint density at radius 2 is 0.957 bits per heavy atom. The maximum atomic E-state index is 11.7. The van der Waals surface area contributed by atoms with Crippen molar-refractivity contribution in [1.82, 2.24) is 5.09 Å². The van der Waals surface area contributed by atoms with E-state index in [4.69, 9.17) is 0 Å². The zero-order chi connectivity index (χ0) is 16.1. The first-order valence-electron chi connectivity index (χ1n) is 7.41. The third-order valence-corrected chi connectivity index (χ3v) is 8.10. The van der Waals surface area contributed by atoms with Gasteiger partial charge in [-0.05, 0) is 0 Å². The first-order chi connectivity index (χ1) is 11.2. The van der Waals surface area contributed by atoms with E-state index >= 15 is 0 Å². The molecule has 0 fully saturated rings. The zero-order valence-electron chi connectivity index (χ0n) is 12.5. The molecule has 3 nitrogen and oxygen atoms in total. The normalized spacial score (nSPS) is 11.7. The molecule has 116 valence electrons. The van der Waals surface area contributed by atoms with E-state index in [0.717, 1.165) is 15.9 Å². The quantitative estimate of drug-likeness (QED) is 0.725. The molecular weight excluding hydrogens is 305 g/mol. The van der Waals surface area contributed by atoms with Gasteiger partial charge in [0.05, 0.1) is 0 Å². The summed E-state index contributed by atoms with van der Waals surface area (Å²) in [6, 6.07) is 29.5. The van der Waals surface area contributed by atoms with Gasteiger partial charge in [-0.3, -0.25) is 0 Å². The first-order valence-corrected chi connectivity index (χ1v) is 9.41. The van der Waals surface area contributed by atoms with Crippen LogP contribution in [0.4, 0.5) is 4.79 Å². The van der Waals surface area contributed by atoms with E-state index in [1.165, 1.54) is 0 Å². The fourth-order valence-corrected chi connectivity index (χ4v) is 6.77. The van der Waals surface area contributed by atoms with E-state index in [-0.39, 0.29) is 0 Å². The molecule has 0 atom stereocenters. The molecule has 2 N–H and O–H groups in total. The average molecular weight is 323 g/mol. The van der Waals surface area contributed by atoms with Crippen molar-refractivity contribution in [3.8, 4) is 0 Å². The van der Waals surface area contributed by atoms with E-state index in [1.54, 1.807) is 0 Å². The molecule has 0 aliphatic heterocycles. The molecule has 0 aliphatic rings. The van der Waals surface area contributed by atoms with E-state index < -0.39 is 13.5 Å². The van der Waals surface area contributed by atoms with Crippen LogP contribution in [0, 0.1) is 0 Å². The van der Waals surface area contributed by atoms with E-state index in [1.807, 2.05) is 91.0 Å². The topological polar surface area (TPSA) is 49.3 Å². The number of carbonyl (C=O) groups is 1. The molecule has 0 bridgehead atoms. The van der Waals surface area contributed by atoms with Crippen molar-refractivity contribution >= 4 is 29.4 Å². The van der Waals surface area contributed by atoms with Crippen LogP contribution in [0.3, 0.4) is 0 Å². The summed E-state index contributed by atoms with van der Waals surface area (Å²) in [7, 11) is -2.84. The minimum atomic E-state index is -2.84. The number of hydrogen-bond donors (Lipinski definition) is 2. The number of nitrogens with one attached hydrogen (secondary N) is 1. The second-order valence-corrected chi connectivity index (χ2v) is 8.76. The Kier molecular flexibility index (Phi) is 4.40. The number of hydrogen-bond acceptors (Lipinski definition) is 1. The second-order valence-electron chi connectivity index (χ2n) is 5.28. The van der Waals surface area contributed by atoms with E-state index in [0.29, 0.717) is 0 Å². The van der Waals surface area contributed by atoms with Crippen LogP contribution in [-0.2, 0) is 0 Å². The van der Waals surface area contributed by atoms with Gasteiger partial charge < -0.3 is 0 Å². The first kappa shape index (κ1) is 15.3. The summed E-state index contributed by atoms with van der Waals surface area (Å²) < 4.78 is 0. The van der Waals surface area contributed by atoms with Crippen molar-refractivity contribution in [2.24, 2.45) is 0 Å². The standard InChI is InChI=1S/C19H18NO2P/c21-19(22)20-23(16-10-4-1-5-11-16,17-12-6-2-7-13-17)18-14-8-3-9-15-18/h1-15,20,23H,(H,21,22). The van der Waals surface area contributed by atoms with Crippen molar-refractivity contribution in [2.45, 2.75) is 0 Å². The zero-order valence-corrected chi connectivity index (χ0v) is 13.5. The molecule has 3 rings (SSSR count). The molecular formula is C19H18NO2P. The fraction of sp³-hybridized carbons (Fsp3) is 0. The van der Waals surface area contributed by atoms with Gasteiger partial charge in [0.1, 0.15) is 0 Å². The molecule has 4 heteroatoms. The molecule has 0 spiro atoms.